The Morgan fingerprint density at radius 1 is 0.344 bits per heavy atom. The maximum atomic E-state index is 2.76. The summed E-state index contributed by atoms with van der Waals surface area (Å²) < 4.78 is 7.15. The van der Waals surface area contributed by atoms with Gasteiger partial charge in [-0.3, -0.25) is 0 Å². The van der Waals surface area contributed by atoms with Crippen LogP contribution in [0.15, 0.2) is 140 Å². The first-order valence-corrected chi connectivity index (χ1v) is 18.6. The molecular weight excluding hydrogens is 582 g/mol. The standard InChI is InChI=1S/C12H8N.3C6H5.Pb/c1-3-7-11-9(5-1)10-6-2-4-8-12(10)13-11;3*1-2-4-6-5-3-1;/h1-8H;3*1-5H;/q-1;;;;+1. The Balaban J connectivity index is 1.89. The molecule has 0 unspecified atom stereocenters. The van der Waals surface area contributed by atoms with Crippen molar-refractivity contribution in [3.8, 4) is 0 Å². The van der Waals surface area contributed by atoms with E-state index >= 15 is 0 Å². The summed E-state index contributed by atoms with van der Waals surface area (Å²) in [7, 11) is 0. The Bertz CT molecular complexity index is 1350. The van der Waals surface area contributed by atoms with E-state index in [1.165, 1.54) is 31.2 Å². The van der Waals surface area contributed by atoms with Gasteiger partial charge in [-0.05, 0) is 0 Å². The number of hydrogen-bond acceptors (Lipinski definition) is 0. The van der Waals surface area contributed by atoms with Crippen LogP contribution >= 0.6 is 0 Å². The summed E-state index contributed by atoms with van der Waals surface area (Å²) in [6.45, 7) is 0. The van der Waals surface area contributed by atoms with Gasteiger partial charge in [0.15, 0.2) is 0 Å². The molecule has 2 heteroatoms. The molecule has 0 radical (unpaired) electrons. The van der Waals surface area contributed by atoms with Crippen LogP contribution in [0.4, 0.5) is 0 Å². The molecule has 0 spiro atoms. The summed E-state index contributed by atoms with van der Waals surface area (Å²) >= 11 is -3.94. The van der Waals surface area contributed by atoms with Crippen LogP contribution in [0.25, 0.3) is 21.8 Å². The van der Waals surface area contributed by atoms with Crippen LogP contribution in [-0.2, 0) is 0 Å². The molecule has 0 fully saturated rings. The van der Waals surface area contributed by atoms with E-state index in [4.69, 9.17) is 0 Å². The molecule has 6 aromatic rings. The number of fused-ring (bicyclic) bond motifs is 3. The van der Waals surface area contributed by atoms with E-state index < -0.39 is 21.5 Å². The normalized spacial score (nSPS) is 11.8. The van der Waals surface area contributed by atoms with E-state index in [2.05, 4.69) is 142 Å². The second-order valence-electron chi connectivity index (χ2n) is 8.18. The third-order valence-corrected chi connectivity index (χ3v) is 24.6. The van der Waals surface area contributed by atoms with Crippen LogP contribution in [-0.4, -0.2) is 23.8 Å². The maximum absolute atomic E-state index is 3.94. The molecule has 0 bridgehead atoms. The van der Waals surface area contributed by atoms with Crippen molar-refractivity contribution in [3.63, 3.8) is 0 Å². The van der Waals surface area contributed by atoms with Crippen molar-refractivity contribution in [1.82, 2.24) is 2.38 Å². The van der Waals surface area contributed by atoms with Crippen LogP contribution in [0.5, 0.6) is 0 Å². The van der Waals surface area contributed by atoms with Gasteiger partial charge >= 0.3 is 195 Å². The molecule has 0 aliphatic rings. The number of benzene rings is 5. The molecule has 0 N–H and O–H groups in total. The average molecular weight is 605 g/mol. The predicted molar refractivity (Wildman–Crippen MR) is 139 cm³/mol. The van der Waals surface area contributed by atoms with Crippen molar-refractivity contribution in [2.45, 2.75) is 0 Å². The molecule has 1 heterocycles. The number of aromatic nitrogens is 1. The first-order valence-electron chi connectivity index (χ1n) is 11.1. The molecule has 5 aromatic carbocycles. The van der Waals surface area contributed by atoms with Gasteiger partial charge in [0.05, 0.1) is 0 Å². The van der Waals surface area contributed by atoms with Gasteiger partial charge < -0.3 is 0 Å². The Labute approximate surface area is 193 Å². The van der Waals surface area contributed by atoms with E-state index in [1.807, 2.05) is 0 Å². The predicted octanol–water partition coefficient (Wildman–Crippen LogP) is 5.31. The van der Waals surface area contributed by atoms with Gasteiger partial charge in [-0.1, -0.05) is 0 Å². The molecule has 1 aromatic heterocycles. The Morgan fingerprint density at radius 2 is 0.656 bits per heavy atom. The summed E-state index contributed by atoms with van der Waals surface area (Å²) in [5.41, 5.74) is 2.65. The van der Waals surface area contributed by atoms with Crippen LogP contribution in [0.1, 0.15) is 0 Å². The second-order valence-corrected chi connectivity index (χ2v) is 22.2. The Kier molecular flexibility index (Phi) is 4.91. The van der Waals surface area contributed by atoms with Gasteiger partial charge in [0, 0.05) is 0 Å². The van der Waals surface area contributed by atoms with Gasteiger partial charge in [-0.2, -0.15) is 0 Å². The minimum absolute atomic E-state index is 1.33. The van der Waals surface area contributed by atoms with Crippen LogP contribution in [0.3, 0.4) is 0 Å². The molecule has 0 amide bonds. The second kappa shape index (κ2) is 8.06. The minimum atomic E-state index is -3.94. The fraction of sp³-hybridized carbons (Fsp3) is 0. The Hall–Kier alpha value is -3.18. The quantitative estimate of drug-likeness (QED) is 0.241. The van der Waals surface area contributed by atoms with E-state index in [0.29, 0.717) is 0 Å². The molecule has 0 saturated heterocycles. The first kappa shape index (κ1) is 19.5. The molecule has 0 aliphatic carbocycles. The van der Waals surface area contributed by atoms with Crippen molar-refractivity contribution in [2.75, 3.05) is 0 Å². The van der Waals surface area contributed by atoms with Crippen molar-refractivity contribution in [2.24, 2.45) is 0 Å². The number of rotatable bonds is 4. The van der Waals surface area contributed by atoms with Crippen molar-refractivity contribution in [3.05, 3.63) is 140 Å². The van der Waals surface area contributed by atoms with Gasteiger partial charge in [-0.25, -0.2) is 0 Å². The Morgan fingerprint density at radius 3 is 1.03 bits per heavy atom. The fourth-order valence-electron chi connectivity index (χ4n) is 5.21. The summed E-state index contributed by atoms with van der Waals surface area (Å²) in [5.74, 6) is 0. The fourth-order valence-corrected chi connectivity index (χ4v) is 24.3. The van der Waals surface area contributed by atoms with Gasteiger partial charge in [0.25, 0.3) is 0 Å². The zero-order valence-corrected chi connectivity index (χ0v) is 21.6. The van der Waals surface area contributed by atoms with Crippen LogP contribution in [0, 0.1) is 0 Å². The number of nitrogens with zero attached hydrogens (tertiary/aromatic N) is 1. The van der Waals surface area contributed by atoms with Crippen molar-refractivity contribution >= 4 is 52.6 Å². The average Bonchev–Trinajstić information content (AvgIpc) is 3.22. The number of para-hydroxylation sites is 2. The zero-order chi connectivity index (χ0) is 21.4. The van der Waals surface area contributed by atoms with E-state index in [-0.39, 0.29) is 0 Å². The molecular formula is C30H23NPb. The van der Waals surface area contributed by atoms with E-state index in [1.54, 1.807) is 0 Å². The molecule has 6 rings (SSSR count). The third kappa shape index (κ3) is 2.88. The zero-order valence-electron chi connectivity index (χ0n) is 17.7. The molecule has 0 saturated carbocycles. The van der Waals surface area contributed by atoms with Crippen LogP contribution < -0.4 is 9.37 Å². The van der Waals surface area contributed by atoms with E-state index in [0.717, 1.165) is 0 Å². The van der Waals surface area contributed by atoms with E-state index in [9.17, 15) is 0 Å². The molecule has 152 valence electrons. The molecule has 32 heavy (non-hydrogen) atoms. The van der Waals surface area contributed by atoms with Crippen LogP contribution in [0.2, 0.25) is 0 Å². The molecule has 0 atom stereocenters. The third-order valence-electron chi connectivity index (χ3n) is 6.49. The SMILES string of the molecule is c1cc[c]([Pb]([c]2ccccc2)([c]2ccccc2)[n]2c3ccccc3c3ccccc32)cc1. The van der Waals surface area contributed by atoms with Gasteiger partial charge in [-0.15, -0.1) is 0 Å². The summed E-state index contributed by atoms with van der Waals surface area (Å²) in [5, 5.41) is 2.66. The van der Waals surface area contributed by atoms with Gasteiger partial charge in [0.2, 0.25) is 0 Å². The van der Waals surface area contributed by atoms with Crippen molar-refractivity contribution in [1.29, 1.82) is 0 Å². The summed E-state index contributed by atoms with van der Waals surface area (Å²) in [4.78, 5) is 0. The number of hydrogen-bond donors (Lipinski definition) is 0. The van der Waals surface area contributed by atoms with Gasteiger partial charge in [0.1, 0.15) is 0 Å². The first-order chi connectivity index (χ1) is 15.9. The van der Waals surface area contributed by atoms with Crippen molar-refractivity contribution < 1.29 is 0 Å². The molecule has 1 nitrogen and oxygen atoms in total. The topological polar surface area (TPSA) is 4.93 Å². The summed E-state index contributed by atoms with van der Waals surface area (Å²) in [6, 6.07) is 51.5. The molecule has 0 aliphatic heterocycles. The monoisotopic (exact) mass is 605 g/mol. The summed E-state index contributed by atoms with van der Waals surface area (Å²) in [6.07, 6.45) is 0.